The third-order valence-corrected chi connectivity index (χ3v) is 4.96. The highest BCUT2D eigenvalue weighted by atomic mass is 19.1. The molecule has 2 heterocycles. The predicted octanol–water partition coefficient (Wildman–Crippen LogP) is 1.40. The normalized spacial score (nSPS) is 19.3. The van der Waals surface area contributed by atoms with Crippen molar-refractivity contribution < 1.29 is 19.1 Å². The summed E-state index contributed by atoms with van der Waals surface area (Å²) in [6, 6.07) is 5.64. The summed E-state index contributed by atoms with van der Waals surface area (Å²) in [4.78, 5) is 44.6. The summed E-state index contributed by atoms with van der Waals surface area (Å²) in [5, 5.41) is 9.53. The van der Waals surface area contributed by atoms with E-state index in [0.29, 0.717) is 17.1 Å². The van der Waals surface area contributed by atoms with Gasteiger partial charge in [-0.05, 0) is 31.5 Å². The third kappa shape index (κ3) is 3.89. The molecule has 0 radical (unpaired) electrons. The molecule has 1 aliphatic rings. The van der Waals surface area contributed by atoms with E-state index in [2.05, 4.69) is 9.97 Å². The van der Waals surface area contributed by atoms with Gasteiger partial charge in [-0.1, -0.05) is 12.1 Å². The molecule has 0 spiro atoms. The van der Waals surface area contributed by atoms with E-state index in [1.165, 1.54) is 17.0 Å². The van der Waals surface area contributed by atoms with E-state index in [1.54, 1.807) is 26.0 Å². The van der Waals surface area contributed by atoms with Gasteiger partial charge in [-0.15, -0.1) is 0 Å². The number of aromatic nitrogens is 2. The topological polar surface area (TPSA) is 103 Å². The Morgan fingerprint density at radius 3 is 2.52 bits per heavy atom. The lowest BCUT2D eigenvalue weighted by Crippen LogP contribution is -2.33. The number of carboxylic acids is 1. The second-order valence-corrected chi connectivity index (χ2v) is 6.79. The Kier molecular flexibility index (Phi) is 5.07. The van der Waals surface area contributed by atoms with Gasteiger partial charge >= 0.3 is 5.97 Å². The van der Waals surface area contributed by atoms with Crippen LogP contribution in [0.1, 0.15) is 28.6 Å². The number of hydrogen-bond donors (Lipinski definition) is 2. The van der Waals surface area contributed by atoms with E-state index in [0.717, 1.165) is 0 Å². The lowest BCUT2D eigenvalue weighted by atomic mass is 9.89. The van der Waals surface area contributed by atoms with Crippen LogP contribution in [0.25, 0.3) is 0 Å². The van der Waals surface area contributed by atoms with E-state index < -0.39 is 23.6 Å². The van der Waals surface area contributed by atoms with Crippen molar-refractivity contribution in [2.24, 2.45) is 5.92 Å². The van der Waals surface area contributed by atoms with Crippen LogP contribution in [-0.4, -0.2) is 44.9 Å². The number of aliphatic carboxylic acids is 1. The van der Waals surface area contributed by atoms with Gasteiger partial charge in [0.1, 0.15) is 11.6 Å². The smallest absolute Gasteiger partial charge is 0.308 e. The number of benzene rings is 1. The Morgan fingerprint density at radius 1 is 1.26 bits per heavy atom. The quantitative estimate of drug-likeness (QED) is 0.843. The molecule has 1 fully saturated rings. The average molecular weight is 373 g/mol. The molecule has 2 N–H and O–H groups in total. The first-order chi connectivity index (χ1) is 12.8. The first kappa shape index (κ1) is 18.8. The van der Waals surface area contributed by atoms with Crippen molar-refractivity contribution in [3.8, 4) is 0 Å². The molecule has 2 atom stereocenters. The molecule has 142 valence electrons. The molecule has 2 aromatic rings. The minimum atomic E-state index is -1.01. The molecule has 0 aliphatic carbocycles. The van der Waals surface area contributed by atoms with E-state index in [9.17, 15) is 23.9 Å². The van der Waals surface area contributed by atoms with Crippen LogP contribution in [0, 0.1) is 25.6 Å². The minimum absolute atomic E-state index is 0.0481. The highest BCUT2D eigenvalue weighted by Crippen LogP contribution is 2.33. The van der Waals surface area contributed by atoms with E-state index >= 15 is 0 Å². The second kappa shape index (κ2) is 7.30. The molecule has 8 heteroatoms. The monoisotopic (exact) mass is 373 g/mol. The van der Waals surface area contributed by atoms with Crippen molar-refractivity contribution in [3.63, 3.8) is 0 Å². The van der Waals surface area contributed by atoms with Crippen molar-refractivity contribution in [1.82, 2.24) is 14.9 Å². The number of amides is 1. The summed E-state index contributed by atoms with van der Waals surface area (Å²) in [7, 11) is 0. The zero-order valence-corrected chi connectivity index (χ0v) is 15.0. The maximum atomic E-state index is 13.2. The molecular weight excluding hydrogens is 353 g/mol. The van der Waals surface area contributed by atoms with Gasteiger partial charge in [0, 0.05) is 30.3 Å². The van der Waals surface area contributed by atoms with Crippen LogP contribution in [0.2, 0.25) is 0 Å². The van der Waals surface area contributed by atoms with Crippen molar-refractivity contribution in [1.29, 1.82) is 0 Å². The van der Waals surface area contributed by atoms with Gasteiger partial charge in [0.15, 0.2) is 0 Å². The average Bonchev–Trinajstić information content (AvgIpc) is 3.04. The lowest BCUT2D eigenvalue weighted by Gasteiger charge is -2.17. The van der Waals surface area contributed by atoms with Gasteiger partial charge in [0.25, 0.3) is 5.56 Å². The van der Waals surface area contributed by atoms with Crippen molar-refractivity contribution in [3.05, 3.63) is 63.1 Å². The Labute approximate surface area is 154 Å². The molecule has 3 rings (SSSR count). The van der Waals surface area contributed by atoms with E-state index in [4.69, 9.17) is 0 Å². The van der Waals surface area contributed by atoms with Gasteiger partial charge < -0.3 is 15.0 Å². The summed E-state index contributed by atoms with van der Waals surface area (Å²) in [6.07, 6.45) is -0.142. The first-order valence-electron chi connectivity index (χ1n) is 8.58. The highest BCUT2D eigenvalue weighted by molar-refractivity contribution is 5.81. The van der Waals surface area contributed by atoms with Crippen LogP contribution >= 0.6 is 0 Å². The summed E-state index contributed by atoms with van der Waals surface area (Å²) in [5.41, 5.74) is 1.07. The molecule has 0 unspecified atom stereocenters. The molecule has 27 heavy (non-hydrogen) atoms. The molecule has 1 saturated heterocycles. The number of carboxylic acid groups (broad SMARTS) is 1. The number of nitrogens with zero attached hydrogens (tertiary/aromatic N) is 2. The lowest BCUT2D eigenvalue weighted by molar-refractivity contribution is -0.141. The number of hydrogen-bond acceptors (Lipinski definition) is 4. The SMILES string of the molecule is Cc1nc(C)c(CC(=O)N2C[C@H](C(=O)O)[C@@H](c3ccc(F)cc3)C2)c(=O)[nH]1. The fraction of sp³-hybridized carbons (Fsp3) is 0.368. The molecule has 0 bridgehead atoms. The number of likely N-dealkylation sites (tertiary alicyclic amines) is 1. The van der Waals surface area contributed by atoms with Gasteiger partial charge in [-0.3, -0.25) is 14.4 Å². The van der Waals surface area contributed by atoms with Crippen LogP contribution in [0.15, 0.2) is 29.1 Å². The van der Waals surface area contributed by atoms with Crippen LogP contribution < -0.4 is 5.56 Å². The van der Waals surface area contributed by atoms with Crippen LogP contribution in [0.3, 0.4) is 0 Å². The molecular formula is C19H20FN3O4. The van der Waals surface area contributed by atoms with Crippen LogP contribution in [0.4, 0.5) is 4.39 Å². The number of aryl methyl sites for hydroxylation is 2. The van der Waals surface area contributed by atoms with Crippen molar-refractivity contribution >= 4 is 11.9 Å². The number of rotatable bonds is 4. The van der Waals surface area contributed by atoms with Gasteiger partial charge in [0.05, 0.1) is 12.3 Å². The predicted molar refractivity (Wildman–Crippen MR) is 94.9 cm³/mol. The number of H-pyrrole nitrogens is 1. The van der Waals surface area contributed by atoms with E-state index in [1.807, 2.05) is 0 Å². The van der Waals surface area contributed by atoms with Crippen LogP contribution in [-0.2, 0) is 16.0 Å². The first-order valence-corrected chi connectivity index (χ1v) is 8.58. The second-order valence-electron chi connectivity index (χ2n) is 6.79. The highest BCUT2D eigenvalue weighted by Gasteiger charge is 2.40. The standard InChI is InChI=1S/C19H20FN3O4/c1-10-14(18(25)22-11(2)21-10)7-17(24)23-8-15(16(9-23)19(26)27)12-3-5-13(20)6-4-12/h3-6,15-16H,7-9H2,1-2H3,(H,26,27)(H,21,22,25)/t15-,16+/m1/s1. The Bertz CT molecular complexity index is 939. The number of carbonyl (C=O) groups excluding carboxylic acids is 1. The largest absolute Gasteiger partial charge is 0.481 e. The zero-order valence-electron chi connectivity index (χ0n) is 15.0. The number of carbonyl (C=O) groups is 2. The zero-order chi connectivity index (χ0) is 19.7. The molecule has 1 amide bonds. The number of nitrogens with one attached hydrogen (secondary N) is 1. The van der Waals surface area contributed by atoms with Crippen molar-refractivity contribution in [2.45, 2.75) is 26.2 Å². The molecule has 1 aromatic heterocycles. The fourth-order valence-corrected chi connectivity index (χ4v) is 3.53. The summed E-state index contributed by atoms with van der Waals surface area (Å²) >= 11 is 0. The Morgan fingerprint density at radius 2 is 1.93 bits per heavy atom. The van der Waals surface area contributed by atoms with E-state index in [-0.39, 0.29) is 36.5 Å². The number of halogens is 1. The third-order valence-electron chi connectivity index (χ3n) is 4.96. The summed E-state index contributed by atoms with van der Waals surface area (Å²) in [5.74, 6) is -2.48. The summed E-state index contributed by atoms with van der Waals surface area (Å²) < 4.78 is 13.2. The summed E-state index contributed by atoms with van der Waals surface area (Å²) in [6.45, 7) is 3.57. The minimum Gasteiger partial charge on any atom is -0.481 e. The number of aromatic amines is 1. The Hall–Kier alpha value is -3.03. The van der Waals surface area contributed by atoms with Gasteiger partial charge in [-0.2, -0.15) is 0 Å². The van der Waals surface area contributed by atoms with Gasteiger partial charge in [-0.25, -0.2) is 9.37 Å². The molecule has 1 aromatic carbocycles. The van der Waals surface area contributed by atoms with Gasteiger partial charge in [0.2, 0.25) is 5.91 Å². The molecule has 0 saturated carbocycles. The maximum Gasteiger partial charge on any atom is 0.308 e. The molecule has 7 nitrogen and oxygen atoms in total. The molecule has 1 aliphatic heterocycles. The Balaban J connectivity index is 1.81. The maximum absolute atomic E-state index is 13.2. The van der Waals surface area contributed by atoms with Crippen molar-refractivity contribution in [2.75, 3.05) is 13.1 Å². The van der Waals surface area contributed by atoms with Crippen LogP contribution in [0.5, 0.6) is 0 Å². The fourth-order valence-electron chi connectivity index (χ4n) is 3.53.